The molecule has 0 bridgehead atoms. The van der Waals surface area contributed by atoms with Gasteiger partial charge in [0.2, 0.25) is 5.89 Å². The van der Waals surface area contributed by atoms with Crippen molar-refractivity contribution in [2.24, 2.45) is 0 Å². The number of nitrogens with zero attached hydrogens (tertiary/aromatic N) is 3. The van der Waals surface area contributed by atoms with Gasteiger partial charge in [-0.25, -0.2) is 4.79 Å². The van der Waals surface area contributed by atoms with Crippen LogP contribution in [-0.2, 0) is 4.79 Å². The molecule has 0 spiro atoms. The van der Waals surface area contributed by atoms with Gasteiger partial charge in [-0.3, -0.25) is 0 Å². The first kappa shape index (κ1) is 18.0. The van der Waals surface area contributed by atoms with Crippen LogP contribution in [0.15, 0.2) is 44.9 Å². The molecule has 1 aromatic carbocycles. The Morgan fingerprint density at radius 3 is 2.58 bits per heavy atom. The Balaban J connectivity index is 2.01. The number of benzene rings is 1. The summed E-state index contributed by atoms with van der Waals surface area (Å²) in [5.74, 6) is -0.638. The summed E-state index contributed by atoms with van der Waals surface area (Å²) >= 11 is 0.947. The van der Waals surface area contributed by atoms with E-state index in [-0.39, 0.29) is 10.1 Å². The van der Waals surface area contributed by atoms with Crippen molar-refractivity contribution in [3.63, 3.8) is 0 Å². The molecule has 0 atom stereocenters. The molecular formula is C19H19N3O3S. The predicted octanol–water partition coefficient (Wildman–Crippen LogP) is 4.31. The van der Waals surface area contributed by atoms with E-state index in [0.717, 1.165) is 34.4 Å². The van der Waals surface area contributed by atoms with Crippen LogP contribution in [0.25, 0.3) is 11.8 Å². The third-order valence-electron chi connectivity index (χ3n) is 3.93. The zero-order chi connectivity index (χ0) is 18.8. The third-order valence-corrected chi connectivity index (χ3v) is 4.78. The first-order valence-corrected chi connectivity index (χ1v) is 8.85. The van der Waals surface area contributed by atoms with Crippen LogP contribution in [0.4, 0.5) is 0 Å². The molecule has 7 heteroatoms. The van der Waals surface area contributed by atoms with Gasteiger partial charge in [0.25, 0.3) is 5.22 Å². The van der Waals surface area contributed by atoms with Crippen molar-refractivity contribution in [1.29, 1.82) is 0 Å². The lowest BCUT2D eigenvalue weighted by molar-refractivity contribution is -0.131. The largest absolute Gasteiger partial charge is 0.477 e. The molecule has 0 aliphatic heterocycles. The molecule has 6 nitrogen and oxygen atoms in total. The summed E-state index contributed by atoms with van der Waals surface area (Å²) in [7, 11) is 0. The van der Waals surface area contributed by atoms with Crippen molar-refractivity contribution < 1.29 is 14.3 Å². The Hall–Kier alpha value is -2.80. The molecule has 3 rings (SSSR count). The van der Waals surface area contributed by atoms with Crippen LogP contribution in [0, 0.1) is 27.7 Å². The zero-order valence-electron chi connectivity index (χ0n) is 15.0. The average Bonchev–Trinajstić information content (AvgIpc) is 3.10. The van der Waals surface area contributed by atoms with Gasteiger partial charge in [-0.15, -0.1) is 10.2 Å². The lowest BCUT2D eigenvalue weighted by Gasteiger charge is -2.10. The van der Waals surface area contributed by atoms with Crippen LogP contribution in [0.3, 0.4) is 0 Å². The number of aryl methyl sites for hydroxylation is 3. The second-order valence-electron chi connectivity index (χ2n) is 6.00. The molecule has 0 saturated carbocycles. The van der Waals surface area contributed by atoms with Gasteiger partial charge in [-0.1, -0.05) is 12.1 Å². The van der Waals surface area contributed by atoms with E-state index in [4.69, 9.17) is 4.42 Å². The van der Waals surface area contributed by atoms with Gasteiger partial charge in [0.15, 0.2) is 0 Å². The highest BCUT2D eigenvalue weighted by atomic mass is 32.2. The van der Waals surface area contributed by atoms with E-state index in [2.05, 4.69) is 20.8 Å². The Kier molecular flexibility index (Phi) is 4.99. The molecule has 0 fully saturated rings. The monoisotopic (exact) mass is 369 g/mol. The zero-order valence-corrected chi connectivity index (χ0v) is 15.8. The lowest BCUT2D eigenvalue weighted by Crippen LogP contribution is -2.00. The van der Waals surface area contributed by atoms with Crippen molar-refractivity contribution in [1.82, 2.24) is 14.8 Å². The summed E-state index contributed by atoms with van der Waals surface area (Å²) in [6.07, 6.45) is 1.64. The molecule has 0 unspecified atom stereocenters. The number of carboxylic acid groups (broad SMARTS) is 1. The number of carboxylic acids is 1. The van der Waals surface area contributed by atoms with E-state index in [0.29, 0.717) is 5.89 Å². The van der Waals surface area contributed by atoms with Crippen LogP contribution < -0.4 is 0 Å². The third kappa shape index (κ3) is 3.72. The quantitative estimate of drug-likeness (QED) is 0.533. The van der Waals surface area contributed by atoms with Gasteiger partial charge in [-0.05, 0) is 67.9 Å². The lowest BCUT2D eigenvalue weighted by atomic mass is 10.2. The topological polar surface area (TPSA) is 81.2 Å². The normalized spacial score (nSPS) is 11.8. The smallest absolute Gasteiger partial charge is 0.342 e. The maximum Gasteiger partial charge on any atom is 0.342 e. The molecule has 134 valence electrons. The van der Waals surface area contributed by atoms with Crippen LogP contribution in [0.5, 0.6) is 0 Å². The summed E-state index contributed by atoms with van der Waals surface area (Å²) in [6.45, 7) is 7.69. The Bertz CT molecular complexity index is 1000. The number of carbonyl (C=O) groups is 1. The van der Waals surface area contributed by atoms with Crippen molar-refractivity contribution >= 4 is 23.8 Å². The summed E-state index contributed by atoms with van der Waals surface area (Å²) in [6, 6.07) is 10.2. The molecular weight excluding hydrogens is 350 g/mol. The standard InChI is InChI=1S/C19H19N3O3S/c1-11-6-5-7-16(8-11)22-12(2)9-15(13(22)3)10-17(18(23)24)26-19-21-20-14(4)25-19/h5-10H,1-4H3,(H,23,24)/b17-10+. The van der Waals surface area contributed by atoms with E-state index >= 15 is 0 Å². The van der Waals surface area contributed by atoms with Gasteiger partial charge in [0, 0.05) is 24.0 Å². The minimum absolute atomic E-state index is 0.123. The van der Waals surface area contributed by atoms with Gasteiger partial charge in [0.1, 0.15) is 4.91 Å². The molecule has 0 aliphatic rings. The van der Waals surface area contributed by atoms with Gasteiger partial charge in [-0.2, -0.15) is 0 Å². The fourth-order valence-corrected chi connectivity index (χ4v) is 3.49. The Morgan fingerprint density at radius 1 is 1.19 bits per heavy atom. The first-order valence-electron chi connectivity index (χ1n) is 8.04. The van der Waals surface area contributed by atoms with Gasteiger partial charge in [0.05, 0.1) is 0 Å². The fourth-order valence-electron chi connectivity index (χ4n) is 2.79. The van der Waals surface area contributed by atoms with E-state index in [1.165, 1.54) is 5.56 Å². The van der Waals surface area contributed by atoms with E-state index in [9.17, 15) is 9.90 Å². The maximum absolute atomic E-state index is 11.6. The number of thioether (sulfide) groups is 1. The van der Waals surface area contributed by atoms with E-state index in [1.54, 1.807) is 13.0 Å². The van der Waals surface area contributed by atoms with Crippen LogP contribution in [-0.4, -0.2) is 25.8 Å². The van der Waals surface area contributed by atoms with E-state index in [1.807, 2.05) is 45.0 Å². The predicted molar refractivity (Wildman–Crippen MR) is 100 cm³/mol. The summed E-state index contributed by atoms with van der Waals surface area (Å²) in [4.78, 5) is 11.8. The Labute approximate surface area is 155 Å². The molecule has 0 radical (unpaired) electrons. The Morgan fingerprint density at radius 2 is 1.96 bits per heavy atom. The molecule has 0 aliphatic carbocycles. The summed E-state index contributed by atoms with van der Waals surface area (Å²) < 4.78 is 7.39. The summed E-state index contributed by atoms with van der Waals surface area (Å²) in [5, 5.41) is 17.3. The van der Waals surface area contributed by atoms with Crippen LogP contribution in [0.2, 0.25) is 0 Å². The minimum Gasteiger partial charge on any atom is -0.477 e. The molecule has 26 heavy (non-hydrogen) atoms. The number of hydrogen-bond acceptors (Lipinski definition) is 5. The molecule has 2 aromatic heterocycles. The number of aliphatic carboxylic acids is 1. The number of rotatable bonds is 5. The summed E-state index contributed by atoms with van der Waals surface area (Å²) in [5.41, 5.74) is 5.05. The second kappa shape index (κ2) is 7.21. The van der Waals surface area contributed by atoms with E-state index < -0.39 is 5.97 Å². The van der Waals surface area contributed by atoms with Crippen molar-refractivity contribution in [3.8, 4) is 5.69 Å². The molecule has 2 heterocycles. The van der Waals surface area contributed by atoms with Crippen molar-refractivity contribution in [3.05, 3.63) is 63.6 Å². The molecule has 3 aromatic rings. The molecule has 0 saturated heterocycles. The number of aromatic nitrogens is 3. The highest BCUT2D eigenvalue weighted by molar-refractivity contribution is 8.03. The highest BCUT2D eigenvalue weighted by Gasteiger charge is 2.17. The van der Waals surface area contributed by atoms with Crippen LogP contribution >= 0.6 is 11.8 Å². The second-order valence-corrected chi connectivity index (χ2v) is 7.00. The van der Waals surface area contributed by atoms with Gasteiger partial charge < -0.3 is 14.1 Å². The minimum atomic E-state index is -1.04. The average molecular weight is 369 g/mol. The molecule has 1 N–H and O–H groups in total. The van der Waals surface area contributed by atoms with Crippen molar-refractivity contribution in [2.75, 3.05) is 0 Å². The SMILES string of the molecule is Cc1cccc(-n2c(C)cc(/C=C(/Sc3nnc(C)o3)C(=O)O)c2C)c1. The molecule has 0 amide bonds. The maximum atomic E-state index is 11.6. The van der Waals surface area contributed by atoms with Crippen molar-refractivity contribution in [2.45, 2.75) is 32.9 Å². The fraction of sp³-hybridized carbons (Fsp3) is 0.211. The van der Waals surface area contributed by atoms with Crippen LogP contribution in [0.1, 0.15) is 28.4 Å². The first-order chi connectivity index (χ1) is 12.3. The highest BCUT2D eigenvalue weighted by Crippen LogP contribution is 2.30. The number of hydrogen-bond donors (Lipinski definition) is 1. The van der Waals surface area contributed by atoms with Gasteiger partial charge >= 0.3 is 5.97 Å².